The van der Waals surface area contributed by atoms with E-state index in [1.165, 1.54) is 24.6 Å². The molecule has 1 fully saturated rings. The Labute approximate surface area is 176 Å². The van der Waals surface area contributed by atoms with Crippen LogP contribution < -0.4 is 9.47 Å². The van der Waals surface area contributed by atoms with Crippen LogP contribution in [0.2, 0.25) is 0 Å². The van der Waals surface area contributed by atoms with E-state index in [0.29, 0.717) is 24.5 Å². The molecule has 2 aromatic rings. The van der Waals surface area contributed by atoms with Gasteiger partial charge in [-0.15, -0.1) is 0 Å². The highest BCUT2D eigenvalue weighted by Gasteiger charge is 2.33. The SMILES string of the molecule is COc1ccc(S(=O)(=O)N2CCN(C(=O)c3cc4n(n3)CCCC4)CC2)c(OC)c1. The zero-order valence-electron chi connectivity index (χ0n) is 17.2. The van der Waals surface area contributed by atoms with E-state index in [4.69, 9.17) is 9.47 Å². The summed E-state index contributed by atoms with van der Waals surface area (Å²) in [6.07, 6.45) is 3.13. The van der Waals surface area contributed by atoms with Crippen LogP contribution in [0.3, 0.4) is 0 Å². The molecule has 0 radical (unpaired) electrons. The Kier molecular flexibility index (Phi) is 5.70. The van der Waals surface area contributed by atoms with Crippen molar-refractivity contribution in [2.45, 2.75) is 30.7 Å². The van der Waals surface area contributed by atoms with Gasteiger partial charge in [-0.3, -0.25) is 9.48 Å². The average Bonchev–Trinajstić information content (AvgIpc) is 3.22. The number of carbonyl (C=O) groups excluding carboxylic acids is 1. The summed E-state index contributed by atoms with van der Waals surface area (Å²) in [6, 6.07) is 6.50. The van der Waals surface area contributed by atoms with E-state index in [0.717, 1.165) is 31.5 Å². The molecule has 0 N–H and O–H groups in total. The molecular weight excluding hydrogens is 408 g/mol. The van der Waals surface area contributed by atoms with Gasteiger partial charge in [0.2, 0.25) is 10.0 Å². The minimum atomic E-state index is -3.75. The zero-order valence-corrected chi connectivity index (χ0v) is 18.0. The number of aryl methyl sites for hydroxylation is 2. The highest BCUT2D eigenvalue weighted by Crippen LogP contribution is 2.31. The molecule has 0 spiro atoms. The van der Waals surface area contributed by atoms with Gasteiger partial charge < -0.3 is 14.4 Å². The predicted octanol–water partition coefficient (Wildman–Crippen LogP) is 1.38. The third-order valence-corrected chi connectivity index (χ3v) is 7.59. The van der Waals surface area contributed by atoms with Crippen molar-refractivity contribution in [2.24, 2.45) is 0 Å². The number of sulfonamides is 1. The van der Waals surface area contributed by atoms with E-state index >= 15 is 0 Å². The first-order valence-electron chi connectivity index (χ1n) is 10.0. The van der Waals surface area contributed by atoms with Gasteiger partial charge in [-0.1, -0.05) is 0 Å². The van der Waals surface area contributed by atoms with Crippen molar-refractivity contribution in [3.63, 3.8) is 0 Å². The number of fused-ring (bicyclic) bond motifs is 1. The van der Waals surface area contributed by atoms with Crippen LogP contribution >= 0.6 is 0 Å². The lowest BCUT2D eigenvalue weighted by molar-refractivity contribution is 0.0691. The van der Waals surface area contributed by atoms with Crippen LogP contribution in [-0.2, 0) is 23.0 Å². The molecule has 1 saturated heterocycles. The summed E-state index contributed by atoms with van der Waals surface area (Å²) in [5.74, 6) is 0.608. The monoisotopic (exact) mass is 434 g/mol. The van der Waals surface area contributed by atoms with E-state index in [2.05, 4.69) is 5.10 Å². The van der Waals surface area contributed by atoms with E-state index in [9.17, 15) is 13.2 Å². The molecule has 30 heavy (non-hydrogen) atoms. The van der Waals surface area contributed by atoms with Gasteiger partial charge in [-0.2, -0.15) is 9.40 Å². The molecule has 2 aliphatic heterocycles. The number of hydrogen-bond acceptors (Lipinski definition) is 6. The number of benzene rings is 1. The van der Waals surface area contributed by atoms with Crippen molar-refractivity contribution in [1.29, 1.82) is 0 Å². The summed E-state index contributed by atoms with van der Waals surface area (Å²) in [4.78, 5) is 14.6. The molecule has 4 rings (SSSR count). The lowest BCUT2D eigenvalue weighted by Crippen LogP contribution is -2.50. The van der Waals surface area contributed by atoms with Crippen LogP contribution in [-0.4, -0.2) is 73.7 Å². The fourth-order valence-electron chi connectivity index (χ4n) is 3.94. The number of amides is 1. The van der Waals surface area contributed by atoms with E-state index in [1.807, 2.05) is 10.7 Å². The maximum absolute atomic E-state index is 13.1. The second-order valence-electron chi connectivity index (χ2n) is 7.41. The summed E-state index contributed by atoms with van der Waals surface area (Å²) in [6.45, 7) is 1.92. The Bertz CT molecular complexity index is 1020. The fourth-order valence-corrected chi connectivity index (χ4v) is 5.50. The first-order chi connectivity index (χ1) is 14.4. The van der Waals surface area contributed by atoms with Gasteiger partial charge >= 0.3 is 0 Å². The van der Waals surface area contributed by atoms with Crippen LogP contribution in [0.5, 0.6) is 11.5 Å². The van der Waals surface area contributed by atoms with Crippen LogP contribution in [0.1, 0.15) is 29.0 Å². The minimum Gasteiger partial charge on any atom is -0.497 e. The molecule has 1 aromatic carbocycles. The molecule has 1 aromatic heterocycles. The normalized spacial score (nSPS) is 17.5. The van der Waals surface area contributed by atoms with Crippen LogP contribution in [0, 0.1) is 0 Å². The molecule has 0 bridgehead atoms. The number of aromatic nitrogens is 2. The molecule has 0 saturated carbocycles. The molecule has 0 atom stereocenters. The van der Waals surface area contributed by atoms with Crippen molar-refractivity contribution >= 4 is 15.9 Å². The van der Waals surface area contributed by atoms with Crippen LogP contribution in [0.4, 0.5) is 0 Å². The molecule has 0 aliphatic carbocycles. The Morgan fingerprint density at radius 2 is 1.77 bits per heavy atom. The van der Waals surface area contributed by atoms with Gasteiger partial charge in [0.1, 0.15) is 16.4 Å². The topological polar surface area (TPSA) is 94.0 Å². The van der Waals surface area contributed by atoms with Gasteiger partial charge in [0.05, 0.1) is 14.2 Å². The van der Waals surface area contributed by atoms with E-state index in [-0.39, 0.29) is 29.6 Å². The molecule has 0 unspecified atom stereocenters. The van der Waals surface area contributed by atoms with Crippen molar-refractivity contribution in [3.8, 4) is 11.5 Å². The molecule has 2 aliphatic rings. The Hall–Kier alpha value is -2.59. The largest absolute Gasteiger partial charge is 0.497 e. The standard InChI is InChI=1S/C20H26N4O5S/c1-28-16-6-7-19(18(14-16)29-2)30(26,27)23-11-9-22(10-12-23)20(25)17-13-15-5-3-4-8-24(15)21-17/h6-7,13-14H,3-5,8-12H2,1-2H3. The molecule has 10 heteroatoms. The van der Waals surface area contributed by atoms with E-state index < -0.39 is 10.0 Å². The first-order valence-corrected chi connectivity index (χ1v) is 11.5. The highest BCUT2D eigenvalue weighted by molar-refractivity contribution is 7.89. The number of hydrogen-bond donors (Lipinski definition) is 0. The third kappa shape index (κ3) is 3.77. The second kappa shape index (κ2) is 8.27. The summed E-state index contributed by atoms with van der Waals surface area (Å²) < 4.78 is 40.0. The average molecular weight is 435 g/mol. The number of carbonyl (C=O) groups is 1. The molecular formula is C20H26N4O5S. The lowest BCUT2D eigenvalue weighted by atomic mass is 10.1. The lowest BCUT2D eigenvalue weighted by Gasteiger charge is -2.33. The number of nitrogens with zero attached hydrogens (tertiary/aromatic N) is 4. The van der Waals surface area contributed by atoms with Crippen LogP contribution in [0.25, 0.3) is 0 Å². The Morgan fingerprint density at radius 1 is 1.00 bits per heavy atom. The predicted molar refractivity (Wildman–Crippen MR) is 109 cm³/mol. The zero-order chi connectivity index (χ0) is 21.3. The van der Waals surface area contributed by atoms with Gasteiger partial charge in [0, 0.05) is 44.5 Å². The van der Waals surface area contributed by atoms with Gasteiger partial charge in [0.25, 0.3) is 5.91 Å². The van der Waals surface area contributed by atoms with Gasteiger partial charge in [0.15, 0.2) is 5.69 Å². The van der Waals surface area contributed by atoms with Crippen LogP contribution in [0.15, 0.2) is 29.2 Å². The minimum absolute atomic E-state index is 0.0901. The quantitative estimate of drug-likeness (QED) is 0.706. The van der Waals surface area contributed by atoms with Crippen molar-refractivity contribution in [3.05, 3.63) is 35.7 Å². The molecule has 9 nitrogen and oxygen atoms in total. The Morgan fingerprint density at radius 3 is 2.43 bits per heavy atom. The maximum Gasteiger partial charge on any atom is 0.274 e. The molecule has 3 heterocycles. The molecule has 1 amide bonds. The van der Waals surface area contributed by atoms with Crippen molar-refractivity contribution < 1.29 is 22.7 Å². The number of piperazine rings is 1. The fraction of sp³-hybridized carbons (Fsp3) is 0.500. The summed E-state index contributed by atoms with van der Waals surface area (Å²) in [5, 5.41) is 4.45. The number of ether oxygens (including phenoxy) is 2. The van der Waals surface area contributed by atoms with E-state index in [1.54, 1.807) is 17.0 Å². The molecule has 162 valence electrons. The first kappa shape index (κ1) is 20.7. The second-order valence-corrected chi connectivity index (χ2v) is 9.32. The third-order valence-electron chi connectivity index (χ3n) is 5.65. The van der Waals surface area contributed by atoms with Gasteiger partial charge in [-0.25, -0.2) is 8.42 Å². The summed E-state index contributed by atoms with van der Waals surface area (Å²) >= 11 is 0. The summed E-state index contributed by atoms with van der Waals surface area (Å²) in [7, 11) is -0.816. The maximum atomic E-state index is 13.1. The smallest absolute Gasteiger partial charge is 0.274 e. The number of methoxy groups -OCH3 is 2. The number of rotatable bonds is 5. The van der Waals surface area contributed by atoms with Crippen molar-refractivity contribution in [2.75, 3.05) is 40.4 Å². The summed E-state index contributed by atoms with van der Waals surface area (Å²) in [5.41, 5.74) is 1.54. The van der Waals surface area contributed by atoms with Gasteiger partial charge in [-0.05, 0) is 37.5 Å². The Balaban J connectivity index is 1.46. The van der Waals surface area contributed by atoms with Crippen molar-refractivity contribution in [1.82, 2.24) is 19.0 Å². The highest BCUT2D eigenvalue weighted by atomic mass is 32.2.